The van der Waals surface area contributed by atoms with E-state index in [0.717, 1.165) is 0 Å². The van der Waals surface area contributed by atoms with Gasteiger partial charge < -0.3 is 9.84 Å². The third kappa shape index (κ3) is 7.51. The van der Waals surface area contributed by atoms with Crippen molar-refractivity contribution in [3.8, 4) is 0 Å². The number of carboxylic acid groups (broad SMARTS) is 1. The van der Waals surface area contributed by atoms with Gasteiger partial charge in [-0.05, 0) is 5.92 Å². The van der Waals surface area contributed by atoms with E-state index in [0.29, 0.717) is 6.61 Å². The van der Waals surface area contributed by atoms with Crippen LogP contribution in [0.2, 0.25) is 0 Å². The number of methoxy groups -OCH3 is 1. The molecule has 1 atom stereocenters. The molecule has 0 spiro atoms. The first-order valence-corrected chi connectivity index (χ1v) is 4.17. The first-order chi connectivity index (χ1) is 6.56. The molecule has 0 saturated heterocycles. The molecule has 6 nitrogen and oxygen atoms in total. The topological polar surface area (TPSA) is 84.9 Å². The van der Waals surface area contributed by atoms with Gasteiger partial charge in [-0.3, -0.25) is 9.63 Å². The SMILES string of the molecule is COCC(C)CC(=O)NOCC(=O)O. The third-order valence-electron chi connectivity index (χ3n) is 1.37. The number of carbonyl (C=O) groups excluding carboxylic acids is 1. The summed E-state index contributed by atoms with van der Waals surface area (Å²) in [6.07, 6.45) is 0.244. The number of carbonyl (C=O) groups is 2. The first-order valence-electron chi connectivity index (χ1n) is 4.17. The maximum absolute atomic E-state index is 11.0. The van der Waals surface area contributed by atoms with Crippen LogP contribution >= 0.6 is 0 Å². The Labute approximate surface area is 82.1 Å². The number of ether oxygens (including phenoxy) is 1. The zero-order valence-electron chi connectivity index (χ0n) is 8.28. The smallest absolute Gasteiger partial charge is 0.332 e. The lowest BCUT2D eigenvalue weighted by molar-refractivity contribution is -0.149. The molecule has 14 heavy (non-hydrogen) atoms. The Kier molecular flexibility index (Phi) is 6.69. The van der Waals surface area contributed by atoms with E-state index >= 15 is 0 Å². The van der Waals surface area contributed by atoms with E-state index in [-0.39, 0.29) is 18.2 Å². The van der Waals surface area contributed by atoms with Crippen LogP contribution in [0.4, 0.5) is 0 Å². The molecule has 1 amide bonds. The van der Waals surface area contributed by atoms with Crippen LogP contribution in [0.15, 0.2) is 0 Å². The summed E-state index contributed by atoms with van der Waals surface area (Å²) in [4.78, 5) is 25.4. The van der Waals surface area contributed by atoms with Crippen LogP contribution in [0.25, 0.3) is 0 Å². The monoisotopic (exact) mass is 205 g/mol. The summed E-state index contributed by atoms with van der Waals surface area (Å²) in [6, 6.07) is 0. The maximum atomic E-state index is 11.0. The van der Waals surface area contributed by atoms with Crippen molar-refractivity contribution >= 4 is 11.9 Å². The Hall–Kier alpha value is -1.14. The molecule has 0 aromatic rings. The van der Waals surface area contributed by atoms with E-state index in [4.69, 9.17) is 9.84 Å². The van der Waals surface area contributed by atoms with Gasteiger partial charge in [-0.15, -0.1) is 0 Å². The maximum Gasteiger partial charge on any atom is 0.332 e. The van der Waals surface area contributed by atoms with E-state index in [1.54, 1.807) is 7.11 Å². The summed E-state index contributed by atoms with van der Waals surface area (Å²) in [7, 11) is 1.55. The highest BCUT2D eigenvalue weighted by Crippen LogP contribution is 2.00. The average molecular weight is 205 g/mol. The summed E-state index contributed by atoms with van der Waals surface area (Å²) in [6.45, 7) is 1.79. The molecular formula is C8H15NO5. The zero-order valence-corrected chi connectivity index (χ0v) is 8.28. The van der Waals surface area contributed by atoms with Crippen molar-refractivity contribution in [3.63, 3.8) is 0 Å². The molecule has 0 radical (unpaired) electrons. The van der Waals surface area contributed by atoms with Crippen LogP contribution in [-0.2, 0) is 19.2 Å². The van der Waals surface area contributed by atoms with Crippen molar-refractivity contribution in [2.75, 3.05) is 20.3 Å². The second kappa shape index (κ2) is 7.28. The van der Waals surface area contributed by atoms with E-state index in [1.807, 2.05) is 12.4 Å². The highest BCUT2D eigenvalue weighted by atomic mass is 16.7. The van der Waals surface area contributed by atoms with Gasteiger partial charge in [-0.25, -0.2) is 10.3 Å². The molecule has 0 rings (SSSR count). The van der Waals surface area contributed by atoms with Crippen LogP contribution in [0, 0.1) is 5.92 Å². The first kappa shape index (κ1) is 12.9. The van der Waals surface area contributed by atoms with Crippen molar-refractivity contribution in [2.45, 2.75) is 13.3 Å². The number of hydrogen-bond donors (Lipinski definition) is 2. The minimum absolute atomic E-state index is 0.0772. The lowest BCUT2D eigenvalue weighted by Crippen LogP contribution is -2.28. The summed E-state index contributed by atoms with van der Waals surface area (Å²) in [5.74, 6) is -1.40. The van der Waals surface area contributed by atoms with Gasteiger partial charge in [-0.2, -0.15) is 0 Å². The number of nitrogens with one attached hydrogen (secondary N) is 1. The number of rotatable bonds is 7. The molecule has 1 unspecified atom stereocenters. The molecule has 0 bridgehead atoms. The van der Waals surface area contributed by atoms with E-state index in [2.05, 4.69) is 4.84 Å². The van der Waals surface area contributed by atoms with Crippen molar-refractivity contribution in [1.82, 2.24) is 5.48 Å². The fourth-order valence-electron chi connectivity index (χ4n) is 0.880. The molecule has 82 valence electrons. The van der Waals surface area contributed by atoms with Crippen molar-refractivity contribution in [2.24, 2.45) is 5.92 Å². The second-order valence-corrected chi connectivity index (χ2v) is 2.97. The summed E-state index contributed by atoms with van der Waals surface area (Å²) < 4.78 is 4.83. The molecule has 2 N–H and O–H groups in total. The molecule has 0 heterocycles. The zero-order chi connectivity index (χ0) is 11.0. The minimum atomic E-state index is -1.13. The molecule has 0 aliphatic heterocycles. The van der Waals surface area contributed by atoms with Crippen LogP contribution in [0.3, 0.4) is 0 Å². The lowest BCUT2D eigenvalue weighted by atomic mass is 10.1. The number of hydroxylamine groups is 1. The van der Waals surface area contributed by atoms with Gasteiger partial charge in [0.05, 0.1) is 0 Å². The predicted octanol–water partition coefficient (Wildman–Crippen LogP) is -0.209. The van der Waals surface area contributed by atoms with Crippen LogP contribution < -0.4 is 5.48 Å². The number of hydrogen-bond acceptors (Lipinski definition) is 4. The number of carboxylic acids is 1. The normalized spacial score (nSPS) is 12.1. The number of amides is 1. The molecule has 0 fully saturated rings. The van der Waals surface area contributed by atoms with Gasteiger partial charge in [0, 0.05) is 20.1 Å². The van der Waals surface area contributed by atoms with Gasteiger partial charge >= 0.3 is 5.97 Å². The Balaban J connectivity index is 3.50. The highest BCUT2D eigenvalue weighted by Gasteiger charge is 2.09. The highest BCUT2D eigenvalue weighted by molar-refractivity contribution is 5.75. The van der Waals surface area contributed by atoms with Gasteiger partial charge in [0.15, 0.2) is 6.61 Å². The molecule has 0 aromatic carbocycles. The fourth-order valence-corrected chi connectivity index (χ4v) is 0.880. The molecule has 0 saturated carbocycles. The quantitative estimate of drug-likeness (QED) is 0.562. The average Bonchev–Trinajstić information content (AvgIpc) is 2.03. The Bertz CT molecular complexity index is 194. The minimum Gasteiger partial charge on any atom is -0.479 e. The molecule has 0 aromatic heterocycles. The summed E-state index contributed by atoms with van der Waals surface area (Å²) in [5, 5.41) is 8.20. The van der Waals surface area contributed by atoms with Gasteiger partial charge in [-0.1, -0.05) is 6.92 Å². The van der Waals surface area contributed by atoms with Gasteiger partial charge in [0.2, 0.25) is 5.91 Å². The molecule has 6 heteroatoms. The van der Waals surface area contributed by atoms with E-state index in [1.165, 1.54) is 0 Å². The lowest BCUT2D eigenvalue weighted by Gasteiger charge is -2.09. The predicted molar refractivity (Wildman–Crippen MR) is 47.4 cm³/mol. The fraction of sp³-hybridized carbons (Fsp3) is 0.750. The van der Waals surface area contributed by atoms with Crippen LogP contribution in [0.5, 0.6) is 0 Å². The largest absolute Gasteiger partial charge is 0.479 e. The Morgan fingerprint density at radius 1 is 1.50 bits per heavy atom. The van der Waals surface area contributed by atoms with Crippen LogP contribution in [-0.4, -0.2) is 37.3 Å². The standard InChI is InChI=1S/C8H15NO5/c1-6(4-13-2)3-7(10)9-14-5-8(11)12/h6H,3-5H2,1-2H3,(H,9,10)(H,11,12). The molecule has 0 aliphatic rings. The van der Waals surface area contributed by atoms with Crippen molar-refractivity contribution < 1.29 is 24.3 Å². The molecular weight excluding hydrogens is 190 g/mol. The van der Waals surface area contributed by atoms with Crippen molar-refractivity contribution in [3.05, 3.63) is 0 Å². The van der Waals surface area contributed by atoms with E-state index in [9.17, 15) is 9.59 Å². The van der Waals surface area contributed by atoms with Gasteiger partial charge in [0.1, 0.15) is 0 Å². The van der Waals surface area contributed by atoms with Gasteiger partial charge in [0.25, 0.3) is 0 Å². The Morgan fingerprint density at radius 2 is 2.14 bits per heavy atom. The van der Waals surface area contributed by atoms with Crippen LogP contribution in [0.1, 0.15) is 13.3 Å². The summed E-state index contributed by atoms with van der Waals surface area (Å²) >= 11 is 0. The Morgan fingerprint density at radius 3 is 2.64 bits per heavy atom. The third-order valence-corrected chi connectivity index (χ3v) is 1.37. The number of aliphatic carboxylic acids is 1. The summed E-state index contributed by atoms with van der Waals surface area (Å²) in [5.41, 5.74) is 2.03. The van der Waals surface area contributed by atoms with E-state index < -0.39 is 12.6 Å². The molecule has 0 aliphatic carbocycles. The second-order valence-electron chi connectivity index (χ2n) is 2.97. The van der Waals surface area contributed by atoms with Crippen molar-refractivity contribution in [1.29, 1.82) is 0 Å².